The average molecular weight is 609 g/mol. The zero-order chi connectivity index (χ0) is 29.0. The molecule has 9 heteroatoms. The van der Waals surface area contributed by atoms with E-state index in [1.54, 1.807) is 6.20 Å². The average Bonchev–Trinajstić information content (AvgIpc) is 3.62. The number of aryl methyl sites for hydroxylation is 1. The lowest BCUT2D eigenvalue weighted by Gasteiger charge is -2.52. The molecule has 2 saturated carbocycles. The van der Waals surface area contributed by atoms with Gasteiger partial charge >= 0.3 is 5.97 Å². The molecule has 7 nitrogen and oxygen atoms in total. The predicted molar refractivity (Wildman–Crippen MR) is 165 cm³/mol. The van der Waals surface area contributed by atoms with E-state index in [1.165, 1.54) is 31.4 Å². The van der Waals surface area contributed by atoms with Crippen LogP contribution in [0, 0.1) is 11.3 Å². The number of carboxylic acid groups (broad SMARTS) is 1. The maximum Gasteiger partial charge on any atom is 0.337 e. The first-order valence-electron chi connectivity index (χ1n) is 15.0. The number of hydrogen-bond donors (Lipinski definition) is 1. The van der Waals surface area contributed by atoms with Crippen molar-refractivity contribution in [2.75, 3.05) is 24.6 Å². The SMILES string of the molecule is CCn1cc(C(=O)O)c2ccc(N3CCC4(CC3)CC(COCc3c(-c5c(Cl)cccc5Cl)noc3C3CC3)C4)cc21. The number of nitrogens with zero attached hydrogens (tertiary/aromatic N) is 3. The van der Waals surface area contributed by atoms with Gasteiger partial charge in [0.2, 0.25) is 0 Å². The minimum Gasteiger partial charge on any atom is -0.478 e. The smallest absolute Gasteiger partial charge is 0.337 e. The molecule has 42 heavy (non-hydrogen) atoms. The Morgan fingerprint density at radius 2 is 1.88 bits per heavy atom. The van der Waals surface area contributed by atoms with Gasteiger partial charge in [0.15, 0.2) is 0 Å². The fourth-order valence-corrected chi connectivity index (χ4v) is 7.79. The summed E-state index contributed by atoms with van der Waals surface area (Å²) in [5.41, 5.74) is 5.35. The highest BCUT2D eigenvalue weighted by Crippen LogP contribution is 2.53. The summed E-state index contributed by atoms with van der Waals surface area (Å²) in [5.74, 6) is 1.02. The quantitative estimate of drug-likeness (QED) is 0.206. The third kappa shape index (κ3) is 4.99. The van der Waals surface area contributed by atoms with E-state index in [1.807, 2.05) is 35.8 Å². The molecule has 3 fully saturated rings. The Hall–Kier alpha value is -3.00. The topological polar surface area (TPSA) is 80.7 Å². The molecule has 1 spiro atoms. The third-order valence-electron chi connectivity index (χ3n) is 9.64. The number of aromatic carboxylic acids is 1. The number of hydrogen-bond acceptors (Lipinski definition) is 5. The van der Waals surface area contributed by atoms with E-state index in [0.29, 0.717) is 50.7 Å². The summed E-state index contributed by atoms with van der Waals surface area (Å²) >= 11 is 13.0. The summed E-state index contributed by atoms with van der Waals surface area (Å²) in [6.45, 7) is 6.01. The minimum absolute atomic E-state index is 0.371. The number of ether oxygens (including phenoxy) is 1. The summed E-state index contributed by atoms with van der Waals surface area (Å²) < 4.78 is 14.1. The van der Waals surface area contributed by atoms with Gasteiger partial charge in [0, 0.05) is 60.6 Å². The van der Waals surface area contributed by atoms with Crippen molar-refractivity contribution in [3.05, 3.63) is 69.5 Å². The molecule has 0 amide bonds. The molecule has 0 radical (unpaired) electrons. The van der Waals surface area contributed by atoms with Gasteiger partial charge in [0.1, 0.15) is 11.5 Å². The summed E-state index contributed by atoms with van der Waals surface area (Å²) in [6.07, 6.45) is 8.71. The fraction of sp³-hybridized carbons (Fsp3) is 0.455. The predicted octanol–water partition coefficient (Wildman–Crippen LogP) is 8.41. The summed E-state index contributed by atoms with van der Waals surface area (Å²) in [7, 11) is 0. The first kappa shape index (κ1) is 27.8. The number of anilines is 1. The van der Waals surface area contributed by atoms with Gasteiger partial charge in [-0.2, -0.15) is 0 Å². The van der Waals surface area contributed by atoms with E-state index in [-0.39, 0.29) is 0 Å². The highest BCUT2D eigenvalue weighted by atomic mass is 35.5. The molecule has 3 heterocycles. The molecule has 0 atom stereocenters. The number of carbonyl (C=O) groups is 1. The van der Waals surface area contributed by atoms with Crippen LogP contribution in [0.4, 0.5) is 5.69 Å². The molecule has 7 rings (SSSR count). The number of aromatic nitrogens is 2. The Labute approximate surface area is 255 Å². The van der Waals surface area contributed by atoms with Crippen LogP contribution >= 0.6 is 23.2 Å². The Kier molecular flexibility index (Phi) is 7.24. The molecule has 2 aliphatic carbocycles. The van der Waals surface area contributed by atoms with Gasteiger partial charge in [-0.3, -0.25) is 0 Å². The van der Waals surface area contributed by atoms with Crippen LogP contribution in [-0.4, -0.2) is 40.5 Å². The molecule has 1 saturated heterocycles. The Bertz CT molecular complexity index is 1620. The second-order valence-electron chi connectivity index (χ2n) is 12.4. The summed E-state index contributed by atoms with van der Waals surface area (Å²) in [5, 5.41) is 15.9. The maximum atomic E-state index is 11.7. The van der Waals surface area contributed by atoms with Crippen molar-refractivity contribution in [3.8, 4) is 11.3 Å². The van der Waals surface area contributed by atoms with Crippen molar-refractivity contribution < 1.29 is 19.2 Å². The summed E-state index contributed by atoms with van der Waals surface area (Å²) in [4.78, 5) is 14.1. The number of piperidine rings is 1. The standard InChI is InChI=1S/C33H35Cl2N3O4/c1-2-37-17-24(32(39)40)23-9-8-22(14-28(23)37)38-12-10-33(11-13-38)15-20(16-33)18-41-19-25-30(36-42-31(25)21-6-7-21)29-26(34)4-3-5-27(29)35/h3-5,8-9,14,17,20-21H,2,6-7,10-13,15-16,18-19H2,1H3,(H,39,40). The van der Waals surface area contributed by atoms with Crippen LogP contribution in [0.25, 0.3) is 22.2 Å². The Morgan fingerprint density at radius 3 is 2.55 bits per heavy atom. The lowest BCUT2D eigenvalue weighted by Crippen LogP contribution is -2.48. The largest absolute Gasteiger partial charge is 0.478 e. The van der Waals surface area contributed by atoms with Gasteiger partial charge in [0.05, 0.1) is 27.7 Å². The van der Waals surface area contributed by atoms with Gasteiger partial charge in [-0.15, -0.1) is 0 Å². The van der Waals surface area contributed by atoms with E-state index < -0.39 is 5.97 Å². The Morgan fingerprint density at radius 1 is 1.14 bits per heavy atom. The van der Waals surface area contributed by atoms with Gasteiger partial charge in [-0.25, -0.2) is 4.79 Å². The van der Waals surface area contributed by atoms with Gasteiger partial charge < -0.3 is 23.8 Å². The first-order chi connectivity index (χ1) is 20.4. The van der Waals surface area contributed by atoms with Crippen LogP contribution in [0.5, 0.6) is 0 Å². The van der Waals surface area contributed by atoms with Crippen LogP contribution in [0.15, 0.2) is 47.1 Å². The van der Waals surface area contributed by atoms with E-state index >= 15 is 0 Å². The second kappa shape index (κ2) is 10.9. The molecule has 2 aromatic carbocycles. The molecule has 4 aromatic rings. The zero-order valence-corrected chi connectivity index (χ0v) is 25.3. The van der Waals surface area contributed by atoms with Crippen molar-refractivity contribution >= 4 is 45.8 Å². The molecule has 2 aromatic heterocycles. The maximum absolute atomic E-state index is 11.7. The van der Waals surface area contributed by atoms with Crippen molar-refractivity contribution in [2.24, 2.45) is 11.3 Å². The van der Waals surface area contributed by atoms with Crippen molar-refractivity contribution in [1.29, 1.82) is 0 Å². The number of carboxylic acids is 1. The minimum atomic E-state index is -0.876. The number of fused-ring (bicyclic) bond motifs is 1. The second-order valence-corrected chi connectivity index (χ2v) is 13.2. The van der Waals surface area contributed by atoms with E-state index in [9.17, 15) is 9.90 Å². The molecule has 1 N–H and O–H groups in total. The zero-order valence-electron chi connectivity index (χ0n) is 23.7. The molecule has 220 valence electrons. The molecule has 0 bridgehead atoms. The van der Waals surface area contributed by atoms with Crippen molar-refractivity contribution in [1.82, 2.24) is 9.72 Å². The monoisotopic (exact) mass is 607 g/mol. The Balaban J connectivity index is 0.957. The van der Waals surface area contributed by atoms with Crippen LogP contribution < -0.4 is 4.90 Å². The fourth-order valence-electron chi connectivity index (χ4n) is 7.22. The third-order valence-corrected chi connectivity index (χ3v) is 10.3. The number of benzene rings is 2. The number of halogens is 2. The van der Waals surface area contributed by atoms with E-state index in [0.717, 1.165) is 61.3 Å². The van der Waals surface area contributed by atoms with Crippen LogP contribution in [0.2, 0.25) is 10.0 Å². The first-order valence-corrected chi connectivity index (χ1v) is 15.7. The highest BCUT2D eigenvalue weighted by molar-refractivity contribution is 6.39. The van der Waals surface area contributed by atoms with Crippen LogP contribution in [0.1, 0.15) is 73.0 Å². The van der Waals surface area contributed by atoms with Crippen LogP contribution in [0.3, 0.4) is 0 Å². The molecule has 0 unspecified atom stereocenters. The van der Waals surface area contributed by atoms with E-state index in [4.69, 9.17) is 32.5 Å². The van der Waals surface area contributed by atoms with Crippen molar-refractivity contribution in [3.63, 3.8) is 0 Å². The van der Waals surface area contributed by atoms with E-state index in [2.05, 4.69) is 22.2 Å². The van der Waals surface area contributed by atoms with Gasteiger partial charge in [-0.05, 0) is 87.1 Å². The molecular weight excluding hydrogens is 573 g/mol. The number of rotatable bonds is 9. The van der Waals surface area contributed by atoms with Crippen molar-refractivity contribution in [2.45, 2.75) is 64.5 Å². The highest BCUT2D eigenvalue weighted by Gasteiger charge is 2.46. The van der Waals surface area contributed by atoms with Gasteiger partial charge in [-0.1, -0.05) is 34.4 Å². The van der Waals surface area contributed by atoms with Crippen LogP contribution in [-0.2, 0) is 17.9 Å². The lowest BCUT2D eigenvalue weighted by molar-refractivity contribution is -0.0315. The van der Waals surface area contributed by atoms with Gasteiger partial charge in [0.25, 0.3) is 0 Å². The molecule has 1 aliphatic heterocycles. The summed E-state index contributed by atoms with van der Waals surface area (Å²) in [6, 6.07) is 11.7. The molecular formula is C33H35Cl2N3O4. The lowest BCUT2D eigenvalue weighted by atomic mass is 9.58. The normalized spacial score (nSPS) is 18.6. The molecule has 3 aliphatic rings.